The Morgan fingerprint density at radius 2 is 2.04 bits per heavy atom. The number of pyridine rings is 1. The van der Waals surface area contributed by atoms with E-state index < -0.39 is 0 Å². The Labute approximate surface area is 149 Å². The lowest BCUT2D eigenvalue weighted by Gasteiger charge is -2.11. The van der Waals surface area contributed by atoms with Crippen molar-refractivity contribution < 1.29 is 4.74 Å². The quantitative estimate of drug-likeness (QED) is 0.661. The van der Waals surface area contributed by atoms with Crippen LogP contribution in [-0.4, -0.2) is 17.1 Å². The predicted molar refractivity (Wildman–Crippen MR) is 99.8 cm³/mol. The number of nitrogens with two attached hydrogens (primary N) is 1. The van der Waals surface area contributed by atoms with Crippen molar-refractivity contribution in [2.24, 2.45) is 0 Å². The number of hydrogen-bond acceptors (Lipinski definition) is 6. The fraction of sp³-hybridized carbons (Fsp3) is 0.176. The summed E-state index contributed by atoms with van der Waals surface area (Å²) in [6.45, 7) is 2.46. The Bertz CT molecular complexity index is 848. The van der Waals surface area contributed by atoms with E-state index in [0.717, 1.165) is 27.5 Å². The predicted octanol–water partition coefficient (Wildman–Crippen LogP) is 4.37. The van der Waals surface area contributed by atoms with Crippen molar-refractivity contribution in [2.45, 2.75) is 13.5 Å². The van der Waals surface area contributed by atoms with Crippen LogP contribution in [0.3, 0.4) is 0 Å². The van der Waals surface area contributed by atoms with Gasteiger partial charge in [-0.3, -0.25) is 0 Å². The van der Waals surface area contributed by atoms with Crippen molar-refractivity contribution in [1.82, 2.24) is 9.97 Å². The largest absolute Gasteiger partial charge is 0.481 e. The average Bonchev–Trinajstić information content (AvgIpc) is 2.92. The van der Waals surface area contributed by atoms with Crippen LogP contribution in [0.1, 0.15) is 10.7 Å². The van der Waals surface area contributed by atoms with Gasteiger partial charge in [0, 0.05) is 17.8 Å². The third kappa shape index (κ3) is 3.60. The number of anilines is 2. The van der Waals surface area contributed by atoms with Gasteiger partial charge in [0.2, 0.25) is 5.88 Å². The molecule has 0 atom stereocenters. The highest BCUT2D eigenvalue weighted by Gasteiger charge is 2.09. The molecule has 3 rings (SSSR count). The molecule has 0 aliphatic rings. The smallest absolute Gasteiger partial charge is 0.212 e. The third-order valence-corrected chi connectivity index (χ3v) is 4.79. The molecule has 0 amide bonds. The van der Waals surface area contributed by atoms with Crippen LogP contribution in [0.15, 0.2) is 36.5 Å². The summed E-state index contributed by atoms with van der Waals surface area (Å²) in [5, 5.41) is 4.25. The van der Waals surface area contributed by atoms with Crippen molar-refractivity contribution in [2.75, 3.05) is 18.2 Å². The standard InChI is InChI=1S/C17H17ClN4OS/c1-10-22-15(17(18)24-10)9-20-14-7-11(3-5-13(14)19)12-4-6-16(23-2)21-8-12/h3-8,20H,9,19H2,1-2H3. The first-order chi connectivity index (χ1) is 11.6. The monoisotopic (exact) mass is 360 g/mol. The zero-order valence-electron chi connectivity index (χ0n) is 13.3. The fourth-order valence-electron chi connectivity index (χ4n) is 2.29. The first-order valence-corrected chi connectivity index (χ1v) is 8.52. The molecule has 7 heteroatoms. The summed E-state index contributed by atoms with van der Waals surface area (Å²) >= 11 is 7.65. The number of benzene rings is 1. The number of aromatic nitrogens is 2. The number of ether oxygens (including phenoxy) is 1. The minimum Gasteiger partial charge on any atom is -0.481 e. The molecule has 0 fully saturated rings. The second-order valence-corrected chi connectivity index (χ2v) is 7.00. The zero-order valence-corrected chi connectivity index (χ0v) is 14.9. The van der Waals surface area contributed by atoms with Crippen LogP contribution >= 0.6 is 22.9 Å². The number of thiazole rings is 1. The van der Waals surface area contributed by atoms with Gasteiger partial charge in [-0.1, -0.05) is 17.7 Å². The second-order valence-electron chi connectivity index (χ2n) is 5.20. The molecule has 3 aromatic rings. The Hall–Kier alpha value is -2.31. The van der Waals surface area contributed by atoms with Gasteiger partial charge in [-0.25, -0.2) is 9.97 Å². The van der Waals surface area contributed by atoms with Crippen molar-refractivity contribution >= 4 is 34.3 Å². The van der Waals surface area contributed by atoms with Gasteiger partial charge in [0.25, 0.3) is 0 Å². The van der Waals surface area contributed by atoms with Crippen LogP contribution in [0, 0.1) is 6.92 Å². The number of nitrogen functional groups attached to an aromatic ring is 1. The van der Waals surface area contributed by atoms with E-state index in [0.29, 0.717) is 22.4 Å². The summed E-state index contributed by atoms with van der Waals surface area (Å²) in [5.74, 6) is 0.584. The molecule has 0 spiro atoms. The molecule has 2 heterocycles. The highest BCUT2D eigenvalue weighted by atomic mass is 35.5. The third-order valence-electron chi connectivity index (χ3n) is 3.53. The number of rotatable bonds is 5. The van der Waals surface area contributed by atoms with Gasteiger partial charge in [0.05, 0.1) is 35.7 Å². The molecule has 0 bridgehead atoms. The van der Waals surface area contributed by atoms with E-state index in [4.69, 9.17) is 22.1 Å². The topological polar surface area (TPSA) is 73.1 Å². The van der Waals surface area contributed by atoms with Gasteiger partial charge < -0.3 is 15.8 Å². The first kappa shape index (κ1) is 16.5. The van der Waals surface area contributed by atoms with E-state index in [2.05, 4.69) is 15.3 Å². The maximum Gasteiger partial charge on any atom is 0.212 e. The van der Waals surface area contributed by atoms with E-state index in [1.807, 2.05) is 37.3 Å². The van der Waals surface area contributed by atoms with Gasteiger partial charge in [0.1, 0.15) is 4.34 Å². The van der Waals surface area contributed by atoms with Crippen LogP contribution in [0.2, 0.25) is 4.34 Å². The van der Waals surface area contributed by atoms with E-state index in [9.17, 15) is 0 Å². The average molecular weight is 361 g/mol. The molecule has 1 aromatic carbocycles. The molecular formula is C17H17ClN4OS. The number of nitrogens with one attached hydrogen (secondary N) is 1. The van der Waals surface area contributed by atoms with E-state index >= 15 is 0 Å². The summed E-state index contributed by atoms with van der Waals surface area (Å²) in [4.78, 5) is 8.65. The SMILES string of the molecule is COc1ccc(-c2ccc(N)c(NCc3nc(C)sc3Cl)c2)cn1. The molecule has 124 valence electrons. The van der Waals surface area contributed by atoms with Crippen LogP contribution < -0.4 is 15.8 Å². The van der Waals surface area contributed by atoms with Crippen molar-refractivity contribution in [3.8, 4) is 17.0 Å². The molecule has 5 nitrogen and oxygen atoms in total. The molecule has 0 aliphatic heterocycles. The van der Waals surface area contributed by atoms with Gasteiger partial charge in [0.15, 0.2) is 0 Å². The number of nitrogens with zero attached hydrogens (tertiary/aromatic N) is 2. The minimum atomic E-state index is 0.525. The van der Waals surface area contributed by atoms with Gasteiger partial charge in [-0.2, -0.15) is 0 Å². The molecule has 0 aliphatic carbocycles. The lowest BCUT2D eigenvalue weighted by Crippen LogP contribution is -2.03. The first-order valence-electron chi connectivity index (χ1n) is 7.32. The summed E-state index contributed by atoms with van der Waals surface area (Å²) in [6, 6.07) is 9.62. The molecule has 0 unspecified atom stereocenters. The van der Waals surface area contributed by atoms with E-state index in [1.54, 1.807) is 13.3 Å². The summed E-state index contributed by atoms with van der Waals surface area (Å²) in [5.41, 5.74) is 10.4. The number of hydrogen-bond donors (Lipinski definition) is 2. The lowest BCUT2D eigenvalue weighted by atomic mass is 10.1. The van der Waals surface area contributed by atoms with Crippen LogP contribution in [0.5, 0.6) is 5.88 Å². The molecule has 2 aromatic heterocycles. The zero-order chi connectivity index (χ0) is 17.1. The van der Waals surface area contributed by atoms with Gasteiger partial charge >= 0.3 is 0 Å². The highest BCUT2D eigenvalue weighted by molar-refractivity contribution is 7.15. The molecule has 24 heavy (non-hydrogen) atoms. The second kappa shape index (κ2) is 7.07. The van der Waals surface area contributed by atoms with Gasteiger partial charge in [-0.05, 0) is 30.7 Å². The van der Waals surface area contributed by atoms with Crippen molar-refractivity contribution in [3.63, 3.8) is 0 Å². The lowest BCUT2D eigenvalue weighted by molar-refractivity contribution is 0.398. The highest BCUT2D eigenvalue weighted by Crippen LogP contribution is 2.29. The van der Waals surface area contributed by atoms with Gasteiger partial charge in [-0.15, -0.1) is 11.3 Å². The Morgan fingerprint density at radius 1 is 1.25 bits per heavy atom. The van der Waals surface area contributed by atoms with Crippen molar-refractivity contribution in [1.29, 1.82) is 0 Å². The van der Waals surface area contributed by atoms with Crippen LogP contribution in [0.25, 0.3) is 11.1 Å². The van der Waals surface area contributed by atoms with Crippen molar-refractivity contribution in [3.05, 3.63) is 51.6 Å². The Balaban J connectivity index is 1.81. The normalized spacial score (nSPS) is 10.6. The number of methoxy groups -OCH3 is 1. The molecule has 0 radical (unpaired) electrons. The minimum absolute atomic E-state index is 0.525. The Kier molecular flexibility index (Phi) is 4.87. The molecule has 3 N–H and O–H groups in total. The molecular weight excluding hydrogens is 344 g/mol. The van der Waals surface area contributed by atoms with Crippen LogP contribution in [0.4, 0.5) is 11.4 Å². The summed E-state index contributed by atoms with van der Waals surface area (Å²) in [6.07, 6.45) is 1.77. The fourth-order valence-corrected chi connectivity index (χ4v) is 3.39. The molecule has 0 saturated heterocycles. The molecule has 0 saturated carbocycles. The maximum atomic E-state index is 6.17. The van der Waals surface area contributed by atoms with E-state index in [-0.39, 0.29) is 0 Å². The maximum absolute atomic E-state index is 6.17. The van der Waals surface area contributed by atoms with Crippen LogP contribution in [-0.2, 0) is 6.54 Å². The number of aryl methyl sites for hydroxylation is 1. The van der Waals surface area contributed by atoms with E-state index in [1.165, 1.54) is 11.3 Å². The number of halogens is 1. The summed E-state index contributed by atoms with van der Waals surface area (Å²) < 4.78 is 5.79. The summed E-state index contributed by atoms with van der Waals surface area (Å²) in [7, 11) is 1.60. The Morgan fingerprint density at radius 3 is 2.67 bits per heavy atom.